The zero-order valence-electron chi connectivity index (χ0n) is 20.5. The minimum Gasteiger partial charge on any atom is -0.334 e. The van der Waals surface area contributed by atoms with Crippen LogP contribution in [0.2, 0.25) is 0 Å². The van der Waals surface area contributed by atoms with Gasteiger partial charge in [-0.15, -0.1) is 0 Å². The first-order chi connectivity index (χ1) is 17.2. The van der Waals surface area contributed by atoms with Gasteiger partial charge >= 0.3 is 6.03 Å². The Morgan fingerprint density at radius 2 is 1.75 bits per heavy atom. The average molecular weight is 508 g/mol. The number of hydrogen-bond acceptors (Lipinski definition) is 3. The first-order valence-electron chi connectivity index (χ1n) is 12.2. The van der Waals surface area contributed by atoms with Crippen LogP contribution in [0.3, 0.4) is 0 Å². The van der Waals surface area contributed by atoms with E-state index < -0.39 is 10.0 Å². The zero-order chi connectivity index (χ0) is 25.5. The molecule has 2 amide bonds. The van der Waals surface area contributed by atoms with E-state index in [1.807, 2.05) is 24.0 Å². The Balaban J connectivity index is 1.39. The summed E-state index contributed by atoms with van der Waals surface area (Å²) in [6, 6.07) is 17.2. The van der Waals surface area contributed by atoms with E-state index in [0.717, 1.165) is 59.2 Å². The lowest BCUT2D eigenvalue weighted by Crippen LogP contribution is -2.41. The Hall–Kier alpha value is -3.23. The first-order valence-corrected chi connectivity index (χ1v) is 13.7. The summed E-state index contributed by atoms with van der Waals surface area (Å²) in [5.41, 5.74) is 5.66. The van der Waals surface area contributed by atoms with Gasteiger partial charge in [-0.2, -0.15) is 0 Å². The molecule has 1 fully saturated rings. The van der Waals surface area contributed by atoms with Crippen LogP contribution in [-0.4, -0.2) is 28.0 Å². The van der Waals surface area contributed by atoms with Crippen molar-refractivity contribution in [1.29, 1.82) is 0 Å². The number of anilines is 1. The number of halogens is 1. The van der Waals surface area contributed by atoms with E-state index >= 15 is 0 Å². The molecular formula is C28H30FN3O3S. The number of sulfonamides is 1. The fourth-order valence-corrected chi connectivity index (χ4v) is 6.31. The molecule has 0 unspecified atom stereocenters. The topological polar surface area (TPSA) is 78.5 Å². The minimum atomic E-state index is -3.50. The number of benzene rings is 3. The number of fused-ring (bicyclic) bond motifs is 2. The van der Waals surface area contributed by atoms with Crippen LogP contribution < -0.4 is 14.9 Å². The van der Waals surface area contributed by atoms with Crippen LogP contribution in [-0.2, 0) is 22.0 Å². The highest BCUT2D eigenvalue weighted by atomic mass is 32.2. The molecule has 0 radical (unpaired) electrons. The summed E-state index contributed by atoms with van der Waals surface area (Å²) >= 11 is 0. The molecule has 2 N–H and O–H groups in total. The van der Waals surface area contributed by atoms with Crippen molar-refractivity contribution in [2.45, 2.75) is 49.5 Å². The monoisotopic (exact) mass is 507 g/mol. The lowest BCUT2D eigenvalue weighted by Gasteiger charge is -2.25. The van der Waals surface area contributed by atoms with Crippen LogP contribution in [0, 0.1) is 12.7 Å². The molecular weight excluding hydrogens is 477 g/mol. The van der Waals surface area contributed by atoms with E-state index in [0.29, 0.717) is 6.54 Å². The summed E-state index contributed by atoms with van der Waals surface area (Å²) in [4.78, 5) is 15.3. The van der Waals surface area contributed by atoms with E-state index in [4.69, 9.17) is 0 Å². The maximum Gasteiger partial charge on any atom is 0.322 e. The standard InChI is InChI=1S/C28H30FN3O3S/c1-19-5-9-22(29)16-24(19)21-8-12-26-25(15-21)28(13-3-4-14-28)18-32(26)27(33)31-17-20-6-10-23(11-7-20)36(34,35)30-2/h5-12,15-16,30H,3-4,13-14,17-18H2,1-2H3,(H,31,33). The molecule has 1 aliphatic carbocycles. The summed E-state index contributed by atoms with van der Waals surface area (Å²) in [5.74, 6) is -0.260. The van der Waals surface area contributed by atoms with Gasteiger partial charge in [-0.3, -0.25) is 4.90 Å². The number of carbonyl (C=O) groups is 1. The van der Waals surface area contributed by atoms with Crippen molar-refractivity contribution in [2.24, 2.45) is 0 Å². The molecule has 3 aromatic rings. The average Bonchev–Trinajstić information content (AvgIpc) is 3.49. The van der Waals surface area contributed by atoms with Crippen molar-refractivity contribution in [3.8, 4) is 11.1 Å². The fraction of sp³-hybridized carbons (Fsp3) is 0.321. The summed E-state index contributed by atoms with van der Waals surface area (Å²) in [5, 5.41) is 3.00. The number of aryl methyl sites for hydroxylation is 1. The van der Waals surface area contributed by atoms with Crippen molar-refractivity contribution < 1.29 is 17.6 Å². The van der Waals surface area contributed by atoms with Gasteiger partial charge in [0.25, 0.3) is 0 Å². The quantitative estimate of drug-likeness (QED) is 0.495. The molecule has 36 heavy (non-hydrogen) atoms. The van der Waals surface area contributed by atoms with Crippen molar-refractivity contribution in [3.63, 3.8) is 0 Å². The van der Waals surface area contributed by atoms with Gasteiger partial charge in [0.05, 0.1) is 4.90 Å². The molecule has 1 spiro atoms. The number of carbonyl (C=O) groups excluding carboxylic acids is 1. The predicted molar refractivity (Wildman–Crippen MR) is 139 cm³/mol. The predicted octanol–water partition coefficient (Wildman–Crippen LogP) is 5.25. The van der Waals surface area contributed by atoms with Gasteiger partial charge < -0.3 is 5.32 Å². The molecule has 1 heterocycles. The molecule has 0 saturated heterocycles. The van der Waals surface area contributed by atoms with Gasteiger partial charge in [0.15, 0.2) is 0 Å². The Labute approximate surface area is 211 Å². The highest BCUT2D eigenvalue weighted by Crippen LogP contribution is 2.51. The van der Waals surface area contributed by atoms with Crippen LogP contribution in [0.5, 0.6) is 0 Å². The fourth-order valence-electron chi connectivity index (χ4n) is 5.58. The summed E-state index contributed by atoms with van der Waals surface area (Å²) in [7, 11) is -2.13. The largest absolute Gasteiger partial charge is 0.334 e. The maximum absolute atomic E-state index is 14.0. The summed E-state index contributed by atoms with van der Waals surface area (Å²) < 4.78 is 40.2. The molecule has 1 aliphatic heterocycles. The highest BCUT2D eigenvalue weighted by molar-refractivity contribution is 7.89. The summed E-state index contributed by atoms with van der Waals surface area (Å²) in [6.45, 7) is 2.89. The second kappa shape index (κ2) is 9.33. The van der Waals surface area contributed by atoms with Crippen LogP contribution in [0.15, 0.2) is 65.6 Å². The smallest absolute Gasteiger partial charge is 0.322 e. The third-order valence-electron chi connectivity index (χ3n) is 7.58. The van der Waals surface area contributed by atoms with Crippen LogP contribution in [0.4, 0.5) is 14.9 Å². The lowest BCUT2D eigenvalue weighted by molar-refractivity contribution is 0.245. The Morgan fingerprint density at radius 1 is 1.03 bits per heavy atom. The maximum atomic E-state index is 14.0. The third kappa shape index (κ3) is 4.40. The normalized spacial score (nSPS) is 16.4. The molecule has 3 aromatic carbocycles. The zero-order valence-corrected chi connectivity index (χ0v) is 21.3. The highest BCUT2D eigenvalue weighted by Gasteiger charge is 2.46. The van der Waals surface area contributed by atoms with Gasteiger partial charge in [-0.05, 0) is 91.0 Å². The molecule has 6 nitrogen and oxygen atoms in total. The van der Waals surface area contributed by atoms with Gasteiger partial charge in [0, 0.05) is 24.2 Å². The number of amides is 2. The van der Waals surface area contributed by atoms with Gasteiger partial charge in [0.1, 0.15) is 5.82 Å². The molecule has 1 saturated carbocycles. The van der Waals surface area contributed by atoms with Crippen molar-refractivity contribution in [3.05, 3.63) is 83.2 Å². The van der Waals surface area contributed by atoms with Crippen molar-refractivity contribution in [1.82, 2.24) is 10.0 Å². The van der Waals surface area contributed by atoms with E-state index in [9.17, 15) is 17.6 Å². The van der Waals surface area contributed by atoms with E-state index in [2.05, 4.69) is 16.1 Å². The van der Waals surface area contributed by atoms with Gasteiger partial charge in [-0.1, -0.05) is 37.1 Å². The molecule has 2 aliphatic rings. The molecule has 0 atom stereocenters. The molecule has 0 bridgehead atoms. The van der Waals surface area contributed by atoms with Gasteiger partial charge in [-0.25, -0.2) is 22.3 Å². The van der Waals surface area contributed by atoms with Crippen LogP contribution >= 0.6 is 0 Å². The minimum absolute atomic E-state index is 0.0763. The molecule has 8 heteroatoms. The Kier molecular flexibility index (Phi) is 6.34. The molecule has 188 valence electrons. The van der Waals surface area contributed by atoms with Gasteiger partial charge in [0.2, 0.25) is 10.0 Å². The number of hydrogen-bond donors (Lipinski definition) is 2. The number of rotatable bonds is 5. The van der Waals surface area contributed by atoms with Crippen LogP contribution in [0.25, 0.3) is 11.1 Å². The van der Waals surface area contributed by atoms with Crippen LogP contribution in [0.1, 0.15) is 42.4 Å². The number of urea groups is 1. The molecule has 0 aromatic heterocycles. The lowest BCUT2D eigenvalue weighted by atomic mass is 9.80. The first kappa shape index (κ1) is 24.5. The van der Waals surface area contributed by atoms with E-state index in [1.165, 1.54) is 25.2 Å². The Bertz CT molecular complexity index is 1410. The SMILES string of the molecule is CNS(=O)(=O)c1ccc(CNC(=O)N2CC3(CCCC3)c3cc(-c4cc(F)ccc4C)ccc32)cc1. The second-order valence-electron chi connectivity index (χ2n) is 9.77. The second-order valence-corrected chi connectivity index (χ2v) is 11.7. The van der Waals surface area contributed by atoms with Crippen molar-refractivity contribution in [2.75, 3.05) is 18.5 Å². The van der Waals surface area contributed by atoms with Crippen molar-refractivity contribution >= 4 is 21.7 Å². The number of nitrogens with zero attached hydrogens (tertiary/aromatic N) is 1. The number of nitrogens with one attached hydrogen (secondary N) is 2. The third-order valence-corrected chi connectivity index (χ3v) is 9.01. The Morgan fingerprint density at radius 3 is 2.44 bits per heavy atom. The van der Waals surface area contributed by atoms with E-state index in [-0.39, 0.29) is 28.7 Å². The molecule has 5 rings (SSSR count). The summed E-state index contributed by atoms with van der Waals surface area (Å²) in [6.07, 6.45) is 4.30. The van der Waals surface area contributed by atoms with E-state index in [1.54, 1.807) is 24.3 Å².